The number of aliphatic hydroxyl groups is 2. The fourth-order valence-corrected chi connectivity index (χ4v) is 7.19. The minimum atomic E-state index is -0.906. The van der Waals surface area contributed by atoms with Crippen molar-refractivity contribution in [3.8, 4) is 5.75 Å². The number of aliphatic imine (C=N–C) groups is 1. The molecule has 1 aromatic heterocycles. The van der Waals surface area contributed by atoms with Gasteiger partial charge in [-0.1, -0.05) is 21.6 Å². The number of thioether (sulfide) groups is 1. The third-order valence-electron chi connectivity index (χ3n) is 5.05. The highest BCUT2D eigenvalue weighted by atomic mass is 33.1. The maximum Gasteiger partial charge on any atom is 0.329 e. The molecule has 10 N–H and O–H groups in total. The van der Waals surface area contributed by atoms with Gasteiger partial charge >= 0.3 is 23.9 Å². The summed E-state index contributed by atoms with van der Waals surface area (Å²) in [6.07, 6.45) is 0. The second-order valence-electron chi connectivity index (χ2n) is 8.65. The normalized spacial score (nSPS) is 15.6. The topological polar surface area (TPSA) is 280 Å². The van der Waals surface area contributed by atoms with Gasteiger partial charge in [-0.25, -0.2) is 9.78 Å². The molecule has 3 rings (SSSR count). The number of thiazole rings is 1. The molecule has 21 heteroatoms. The Bertz CT molecular complexity index is 1270. The first-order valence-corrected chi connectivity index (χ1v) is 18.1. The Balaban J connectivity index is 0.000000375. The molecule has 0 aliphatic carbocycles. The molecule has 2 aromatic rings. The molecule has 0 fully saturated rings. The Morgan fingerprint density at radius 2 is 1.57 bits per heavy atom. The predicted octanol–water partition coefficient (Wildman–Crippen LogP) is -0.542. The number of hydrogen-bond acceptors (Lipinski definition) is 20. The number of hydrogen-bond donors (Lipinski definition) is 8. The summed E-state index contributed by atoms with van der Waals surface area (Å²) < 4.78 is 14.5. The van der Waals surface area contributed by atoms with Crippen molar-refractivity contribution in [2.45, 2.75) is 24.2 Å². The maximum atomic E-state index is 11.3. The average Bonchev–Trinajstić information content (AvgIpc) is 3.71. The van der Waals surface area contributed by atoms with Crippen molar-refractivity contribution in [2.24, 2.45) is 22.2 Å². The second-order valence-corrected chi connectivity index (χ2v) is 13.6. The number of methoxy groups -OCH3 is 1. The van der Waals surface area contributed by atoms with Crippen LogP contribution >= 0.6 is 57.3 Å². The van der Waals surface area contributed by atoms with E-state index in [-0.39, 0.29) is 32.2 Å². The van der Waals surface area contributed by atoms with Gasteiger partial charge in [0.05, 0.1) is 30.5 Å². The molecule has 2 heterocycles. The van der Waals surface area contributed by atoms with E-state index in [4.69, 9.17) is 32.5 Å². The predicted molar refractivity (Wildman–Crippen MR) is 183 cm³/mol. The first kappa shape index (κ1) is 41.7. The number of carbonyl (C=O) groups is 4. The van der Waals surface area contributed by atoms with Crippen LogP contribution in [0, 0.1) is 0 Å². The molecule has 1 aromatic carbocycles. The van der Waals surface area contributed by atoms with E-state index in [1.807, 2.05) is 0 Å². The number of aromatic hydroxyl groups is 1. The van der Waals surface area contributed by atoms with E-state index in [1.54, 1.807) is 18.2 Å². The van der Waals surface area contributed by atoms with Crippen molar-refractivity contribution >= 4 is 96.5 Å². The largest absolute Gasteiger partial charge is 0.508 e. The van der Waals surface area contributed by atoms with Crippen molar-refractivity contribution in [1.82, 2.24) is 4.98 Å². The van der Waals surface area contributed by atoms with Gasteiger partial charge in [0.2, 0.25) is 0 Å². The van der Waals surface area contributed by atoms with Crippen LogP contribution in [0.4, 0.5) is 0 Å². The molecule has 258 valence electrons. The number of aliphatic hydroxyl groups excluding tert-OH is 2. The molecule has 16 nitrogen and oxygen atoms in total. The lowest BCUT2D eigenvalue weighted by molar-refractivity contribution is -0.146. The lowest BCUT2D eigenvalue weighted by Gasteiger charge is -2.12. The van der Waals surface area contributed by atoms with Crippen molar-refractivity contribution < 1.29 is 53.8 Å². The summed E-state index contributed by atoms with van der Waals surface area (Å²) in [4.78, 5) is 52.2. The smallest absolute Gasteiger partial charge is 0.329 e. The Labute approximate surface area is 286 Å². The van der Waals surface area contributed by atoms with Gasteiger partial charge in [0.25, 0.3) is 0 Å². The zero-order valence-corrected chi connectivity index (χ0v) is 28.7. The minimum Gasteiger partial charge on any atom is -0.508 e. The number of phenols is 1. The number of carbonyl (C=O) groups excluding carboxylic acids is 3. The van der Waals surface area contributed by atoms with Crippen LogP contribution in [0.1, 0.15) is 5.01 Å². The highest BCUT2D eigenvalue weighted by Crippen LogP contribution is 2.31. The summed E-state index contributed by atoms with van der Waals surface area (Å²) in [5, 5.41) is 36.6. The van der Waals surface area contributed by atoms with Crippen LogP contribution in [0.15, 0.2) is 23.2 Å². The van der Waals surface area contributed by atoms with E-state index in [0.717, 1.165) is 10.2 Å². The number of carboxylic acid groups (broad SMARTS) is 1. The lowest BCUT2D eigenvalue weighted by Crippen LogP contribution is -2.36. The van der Waals surface area contributed by atoms with Crippen LogP contribution in [0.5, 0.6) is 5.75 Å². The summed E-state index contributed by atoms with van der Waals surface area (Å²) in [5.41, 5.74) is 17.1. The highest BCUT2D eigenvalue weighted by molar-refractivity contribution is 8.76. The van der Waals surface area contributed by atoms with Gasteiger partial charge in [-0.3, -0.25) is 19.4 Å². The Morgan fingerprint density at radius 1 is 1.00 bits per heavy atom. The van der Waals surface area contributed by atoms with Crippen LogP contribution in [0.2, 0.25) is 0 Å². The van der Waals surface area contributed by atoms with Gasteiger partial charge < -0.3 is 51.8 Å². The van der Waals surface area contributed by atoms with Gasteiger partial charge in [0, 0.05) is 23.0 Å². The third kappa shape index (κ3) is 15.5. The fraction of sp³-hybridized carbons (Fsp3) is 0.520. The third-order valence-corrected chi connectivity index (χ3v) is 10.1. The Kier molecular flexibility index (Phi) is 20.9. The number of nitrogens with two attached hydrogens (primary N) is 3. The van der Waals surface area contributed by atoms with Crippen molar-refractivity contribution in [3.05, 3.63) is 23.2 Å². The number of esters is 3. The Morgan fingerprint density at radius 3 is 2.00 bits per heavy atom. The Hall–Kier alpha value is -2.34. The molecule has 0 bridgehead atoms. The molecule has 0 amide bonds. The van der Waals surface area contributed by atoms with E-state index >= 15 is 0 Å². The molecule has 1 aliphatic heterocycles. The van der Waals surface area contributed by atoms with Crippen LogP contribution in [-0.2, 0) is 33.4 Å². The highest BCUT2D eigenvalue weighted by Gasteiger charge is 2.27. The number of nitrogens with zero attached hydrogens (tertiary/aromatic N) is 2. The van der Waals surface area contributed by atoms with Crippen molar-refractivity contribution in [3.63, 3.8) is 0 Å². The SMILES string of the molecule is COC(=O)[C@H](N)CS.NC(CSSCC(N)C(=O)OCCO)C(=O)OCCO.O=C(O)C1CSC(c2nc3ccc(O)cc3s2)=N1. The number of phenolic OH excluding ortho intramolecular Hbond substituents is 1. The monoisotopic (exact) mass is 743 g/mol. The van der Waals surface area contributed by atoms with Gasteiger partial charge in [0.1, 0.15) is 47.1 Å². The quantitative estimate of drug-likeness (QED) is 0.0374. The van der Waals surface area contributed by atoms with Crippen LogP contribution in [-0.4, -0.2) is 135 Å². The van der Waals surface area contributed by atoms with Gasteiger partial charge in [0.15, 0.2) is 6.04 Å². The van der Waals surface area contributed by atoms with Crippen LogP contribution in [0.3, 0.4) is 0 Å². The number of fused-ring (bicyclic) bond motifs is 1. The molecule has 0 radical (unpaired) electrons. The van der Waals surface area contributed by atoms with E-state index in [9.17, 15) is 24.3 Å². The number of carboxylic acids is 1. The van der Waals surface area contributed by atoms with Gasteiger partial charge in [-0.05, 0) is 18.2 Å². The van der Waals surface area contributed by atoms with Gasteiger partial charge in [-0.15, -0.1) is 23.1 Å². The molecule has 1 aliphatic rings. The van der Waals surface area contributed by atoms with E-state index in [1.165, 1.54) is 51.8 Å². The summed E-state index contributed by atoms with van der Waals surface area (Å²) >= 11 is 6.60. The number of ether oxygens (including phenoxy) is 3. The fourth-order valence-electron chi connectivity index (χ4n) is 2.73. The zero-order valence-electron chi connectivity index (χ0n) is 24.6. The van der Waals surface area contributed by atoms with Gasteiger partial charge in [-0.2, -0.15) is 12.6 Å². The molecular weight excluding hydrogens is 707 g/mol. The second kappa shape index (κ2) is 23.1. The zero-order chi connectivity index (χ0) is 34.6. The lowest BCUT2D eigenvalue weighted by atomic mass is 10.3. The molecule has 0 saturated heterocycles. The first-order chi connectivity index (χ1) is 21.9. The molecule has 4 atom stereocenters. The molecule has 3 unspecified atom stereocenters. The summed E-state index contributed by atoms with van der Waals surface area (Å²) in [5.74, 6) is -0.921. The van der Waals surface area contributed by atoms with Crippen LogP contribution in [0.25, 0.3) is 10.2 Å². The average molecular weight is 744 g/mol. The van der Waals surface area contributed by atoms with E-state index in [0.29, 0.717) is 33.1 Å². The maximum absolute atomic E-state index is 11.3. The molecule has 46 heavy (non-hydrogen) atoms. The summed E-state index contributed by atoms with van der Waals surface area (Å²) in [7, 11) is 3.87. The van der Waals surface area contributed by atoms with Crippen molar-refractivity contribution in [1.29, 1.82) is 0 Å². The number of aliphatic carboxylic acids is 1. The van der Waals surface area contributed by atoms with E-state index in [2.05, 4.69) is 36.8 Å². The molecular formula is C25H37N5O11S5. The summed E-state index contributed by atoms with van der Waals surface area (Å²) in [6, 6.07) is 2.11. The molecule has 0 saturated carbocycles. The van der Waals surface area contributed by atoms with Crippen molar-refractivity contribution in [2.75, 3.05) is 56.5 Å². The number of benzene rings is 1. The summed E-state index contributed by atoms with van der Waals surface area (Å²) in [6.45, 7) is -0.645. The number of thiol groups is 1. The van der Waals surface area contributed by atoms with Crippen LogP contribution < -0.4 is 17.2 Å². The molecule has 0 spiro atoms. The van der Waals surface area contributed by atoms with E-state index < -0.39 is 48.0 Å². The number of rotatable bonds is 15. The minimum absolute atomic E-state index is 0.0775. The number of aromatic nitrogens is 1. The standard InChI is InChI=1S/C11H8N2O3S2.C10H20N2O6S2.C4H9NO2S/c14-5-1-2-6-8(3-5)18-10(12-6)9-13-7(4-17-9)11(15)16;11-7(9(15)17-3-1-13)5-19-20-6-8(12)10(16)18-4-2-14;1-7-4(6)3(5)2-8/h1-3,7,14H,4H2,(H,15,16);7-8,13-14H,1-6,11-12H2;3,8H,2,5H2,1H3/t;;3-/m..1/s1. The first-order valence-electron chi connectivity index (χ1n) is 13.2.